The van der Waals surface area contributed by atoms with Crippen molar-refractivity contribution in [3.8, 4) is 5.75 Å². The second-order valence-electron chi connectivity index (χ2n) is 10.9. The zero-order chi connectivity index (χ0) is 28.3. The average molecular weight is 570 g/mol. The van der Waals surface area contributed by atoms with E-state index in [1.807, 2.05) is 30.3 Å². The first-order valence-electron chi connectivity index (χ1n) is 14.0. The maximum Gasteiger partial charge on any atom is 0.226 e. The molecule has 2 aromatic carbocycles. The van der Waals surface area contributed by atoms with Gasteiger partial charge in [0, 0.05) is 35.3 Å². The molecular formula is C31H35N7O2S. The number of ether oxygens (including phenoxy) is 1. The van der Waals surface area contributed by atoms with Gasteiger partial charge in [0.15, 0.2) is 0 Å². The van der Waals surface area contributed by atoms with Gasteiger partial charge in [-0.1, -0.05) is 30.3 Å². The number of benzene rings is 2. The highest BCUT2D eigenvalue weighted by molar-refractivity contribution is 7.19. The van der Waals surface area contributed by atoms with E-state index in [1.54, 1.807) is 31.0 Å². The van der Waals surface area contributed by atoms with Gasteiger partial charge in [-0.05, 0) is 63.5 Å². The molecule has 0 spiro atoms. The minimum atomic E-state index is -0.0356. The minimum Gasteiger partial charge on any atom is -0.494 e. The SMILES string of the molecule is COc1cc2[nH]ncc2cc1Nc1ncnc2sc3c(c12)CCC(C(=O)N(CCCN(C)C)Cc1ccccc1)C3. The molecule has 2 N–H and O–H groups in total. The van der Waals surface area contributed by atoms with Crippen LogP contribution in [0.25, 0.3) is 21.1 Å². The first kappa shape index (κ1) is 27.2. The number of nitrogens with zero attached hydrogens (tertiary/aromatic N) is 5. The van der Waals surface area contributed by atoms with Crippen molar-refractivity contribution >= 4 is 49.9 Å². The molecule has 3 heterocycles. The number of aromatic amines is 1. The Kier molecular flexibility index (Phi) is 7.84. The van der Waals surface area contributed by atoms with E-state index in [0.29, 0.717) is 12.3 Å². The number of aryl methyl sites for hydroxylation is 1. The van der Waals surface area contributed by atoms with Crippen LogP contribution in [0.3, 0.4) is 0 Å². The topological polar surface area (TPSA) is 99.3 Å². The van der Waals surface area contributed by atoms with Crippen molar-refractivity contribution in [2.45, 2.75) is 32.2 Å². The lowest BCUT2D eigenvalue weighted by Crippen LogP contribution is -2.39. The van der Waals surface area contributed by atoms with Crippen LogP contribution in [-0.2, 0) is 24.2 Å². The van der Waals surface area contributed by atoms with Crippen molar-refractivity contribution in [1.82, 2.24) is 30.0 Å². The Balaban J connectivity index is 1.25. The first-order chi connectivity index (χ1) is 20.0. The Morgan fingerprint density at radius 1 is 1.17 bits per heavy atom. The standard InChI is InChI=1S/C31H35N7O2S/c1-37(2)12-7-13-38(18-20-8-5-4-6-9-20)31(39)21-10-11-23-27(15-21)41-30-28(23)29(32-19-33-30)35-25-14-22-17-34-36-24(22)16-26(25)40-3/h4-6,8-9,14,16-17,19,21H,7,10-13,15,18H2,1-3H3,(H,34,36)(H,32,33,35). The number of rotatable bonds is 10. The smallest absolute Gasteiger partial charge is 0.226 e. The van der Waals surface area contributed by atoms with Crippen LogP contribution >= 0.6 is 11.3 Å². The van der Waals surface area contributed by atoms with Gasteiger partial charge in [0.25, 0.3) is 0 Å². The van der Waals surface area contributed by atoms with Gasteiger partial charge in [0.05, 0.1) is 29.9 Å². The number of hydrogen-bond donors (Lipinski definition) is 2. The number of fused-ring (bicyclic) bond motifs is 4. The zero-order valence-electron chi connectivity index (χ0n) is 23.7. The quantitative estimate of drug-likeness (QED) is 0.232. The van der Waals surface area contributed by atoms with Crippen LogP contribution in [0, 0.1) is 5.92 Å². The van der Waals surface area contributed by atoms with Gasteiger partial charge < -0.3 is 19.9 Å². The van der Waals surface area contributed by atoms with Crippen molar-refractivity contribution in [1.29, 1.82) is 0 Å². The van der Waals surface area contributed by atoms with Crippen LogP contribution in [0.5, 0.6) is 5.75 Å². The lowest BCUT2D eigenvalue weighted by molar-refractivity contribution is -0.136. The van der Waals surface area contributed by atoms with E-state index in [0.717, 1.165) is 71.4 Å². The third-order valence-corrected chi connectivity index (χ3v) is 8.93. The summed E-state index contributed by atoms with van der Waals surface area (Å²) in [6.07, 6.45) is 6.71. The summed E-state index contributed by atoms with van der Waals surface area (Å²) in [4.78, 5) is 29.6. The molecule has 0 bridgehead atoms. The predicted octanol–water partition coefficient (Wildman–Crippen LogP) is 5.41. The monoisotopic (exact) mass is 569 g/mol. The second-order valence-corrected chi connectivity index (χ2v) is 12.0. The molecule has 212 valence electrons. The van der Waals surface area contributed by atoms with E-state index in [1.165, 1.54) is 16.0 Å². The highest BCUT2D eigenvalue weighted by Gasteiger charge is 2.32. The maximum absolute atomic E-state index is 13.9. The predicted molar refractivity (Wildman–Crippen MR) is 164 cm³/mol. The fourth-order valence-corrected chi connectivity index (χ4v) is 6.96. The number of thiophene rings is 1. The number of amides is 1. The minimum absolute atomic E-state index is 0.0356. The normalized spacial score (nSPS) is 14.9. The Morgan fingerprint density at radius 3 is 2.83 bits per heavy atom. The van der Waals surface area contributed by atoms with Crippen molar-refractivity contribution in [2.24, 2.45) is 5.92 Å². The van der Waals surface area contributed by atoms with Crippen LogP contribution in [0.15, 0.2) is 55.0 Å². The molecule has 41 heavy (non-hydrogen) atoms. The average Bonchev–Trinajstić information content (AvgIpc) is 3.60. The second kappa shape index (κ2) is 11.8. The summed E-state index contributed by atoms with van der Waals surface area (Å²) < 4.78 is 5.65. The largest absolute Gasteiger partial charge is 0.494 e. The van der Waals surface area contributed by atoms with Gasteiger partial charge in [0.1, 0.15) is 22.7 Å². The molecular weight excluding hydrogens is 534 g/mol. The summed E-state index contributed by atoms with van der Waals surface area (Å²) in [7, 11) is 5.81. The molecule has 9 nitrogen and oxygen atoms in total. The molecule has 1 aliphatic carbocycles. The van der Waals surface area contributed by atoms with Crippen LogP contribution in [0.2, 0.25) is 0 Å². The highest BCUT2D eigenvalue weighted by atomic mass is 32.1. The van der Waals surface area contributed by atoms with Crippen molar-refractivity contribution in [3.63, 3.8) is 0 Å². The Morgan fingerprint density at radius 2 is 2.02 bits per heavy atom. The maximum atomic E-state index is 13.9. The molecule has 1 amide bonds. The number of anilines is 2. The third-order valence-electron chi connectivity index (χ3n) is 7.77. The zero-order valence-corrected chi connectivity index (χ0v) is 24.5. The highest BCUT2D eigenvalue weighted by Crippen LogP contribution is 2.42. The molecule has 0 radical (unpaired) electrons. The number of aromatic nitrogens is 4. The summed E-state index contributed by atoms with van der Waals surface area (Å²) in [5, 5.41) is 12.7. The first-order valence-corrected chi connectivity index (χ1v) is 14.8. The van der Waals surface area contributed by atoms with Crippen LogP contribution in [0.4, 0.5) is 11.5 Å². The Bertz CT molecular complexity index is 1660. The van der Waals surface area contributed by atoms with E-state index in [2.05, 4.69) is 61.5 Å². The number of nitrogens with one attached hydrogen (secondary N) is 2. The fraction of sp³-hybridized carbons (Fsp3) is 0.355. The molecule has 10 heteroatoms. The molecule has 1 aliphatic rings. The summed E-state index contributed by atoms with van der Waals surface area (Å²) in [5.74, 6) is 1.67. The lowest BCUT2D eigenvalue weighted by Gasteiger charge is -2.30. The molecule has 1 atom stereocenters. The lowest BCUT2D eigenvalue weighted by atomic mass is 9.86. The molecule has 0 saturated heterocycles. The number of H-pyrrole nitrogens is 1. The summed E-state index contributed by atoms with van der Waals surface area (Å²) in [6.45, 7) is 2.35. The third kappa shape index (κ3) is 5.75. The molecule has 3 aromatic heterocycles. The fourth-order valence-electron chi connectivity index (χ4n) is 5.69. The van der Waals surface area contributed by atoms with Crippen LogP contribution in [-0.4, -0.2) is 70.2 Å². The van der Waals surface area contributed by atoms with Crippen molar-refractivity contribution in [3.05, 3.63) is 71.0 Å². The van der Waals surface area contributed by atoms with Gasteiger partial charge >= 0.3 is 0 Å². The molecule has 1 unspecified atom stereocenters. The summed E-state index contributed by atoms with van der Waals surface area (Å²) in [6, 6.07) is 14.2. The van der Waals surface area contributed by atoms with Gasteiger partial charge in [-0.15, -0.1) is 11.3 Å². The van der Waals surface area contributed by atoms with Crippen LogP contribution < -0.4 is 10.1 Å². The molecule has 5 aromatic rings. The number of methoxy groups -OCH3 is 1. The van der Waals surface area contributed by atoms with E-state index >= 15 is 0 Å². The van der Waals surface area contributed by atoms with E-state index in [9.17, 15) is 4.79 Å². The van der Waals surface area contributed by atoms with Crippen LogP contribution in [0.1, 0.15) is 28.8 Å². The van der Waals surface area contributed by atoms with Crippen molar-refractivity contribution in [2.75, 3.05) is 39.6 Å². The summed E-state index contributed by atoms with van der Waals surface area (Å²) >= 11 is 1.68. The molecule has 0 fully saturated rings. The molecule has 0 aliphatic heterocycles. The molecule has 6 rings (SSSR count). The summed E-state index contributed by atoms with van der Waals surface area (Å²) in [5.41, 5.74) is 4.15. The number of carbonyl (C=O) groups excluding carboxylic acids is 1. The van der Waals surface area contributed by atoms with E-state index < -0.39 is 0 Å². The Labute approximate surface area is 243 Å². The van der Waals surface area contributed by atoms with Crippen molar-refractivity contribution < 1.29 is 9.53 Å². The number of hydrogen-bond acceptors (Lipinski definition) is 8. The van der Waals surface area contributed by atoms with E-state index in [-0.39, 0.29) is 11.8 Å². The van der Waals surface area contributed by atoms with E-state index in [4.69, 9.17) is 4.74 Å². The molecule has 0 saturated carbocycles. The van der Waals surface area contributed by atoms with Gasteiger partial charge in [-0.2, -0.15) is 5.10 Å². The number of carbonyl (C=O) groups is 1. The van der Waals surface area contributed by atoms with Gasteiger partial charge in [0.2, 0.25) is 5.91 Å². The van der Waals surface area contributed by atoms with Gasteiger partial charge in [-0.25, -0.2) is 9.97 Å². The Hall–Kier alpha value is -4.02. The van der Waals surface area contributed by atoms with Gasteiger partial charge in [-0.3, -0.25) is 9.89 Å².